The molecule has 13 heavy (non-hydrogen) atoms. The van der Waals surface area contributed by atoms with Crippen LogP contribution >= 0.6 is 0 Å². The van der Waals surface area contributed by atoms with Gasteiger partial charge < -0.3 is 15.3 Å². The molecule has 0 saturated heterocycles. The average molecular weight is 188 g/mol. The van der Waals surface area contributed by atoms with Gasteiger partial charge in [0.15, 0.2) is 0 Å². The number of nitrogens with one attached hydrogen (secondary N) is 1. The van der Waals surface area contributed by atoms with Crippen LogP contribution in [-0.4, -0.2) is 55.5 Å². The lowest BCUT2D eigenvalue weighted by Gasteiger charge is -2.09. The molecule has 0 aliphatic heterocycles. The van der Waals surface area contributed by atoms with Crippen LogP contribution in [0.1, 0.15) is 6.42 Å². The van der Waals surface area contributed by atoms with Crippen LogP contribution < -0.4 is 5.32 Å². The molecule has 2 N–H and O–H groups in total. The normalized spacial score (nSPS) is 10.4. The second-order valence-corrected chi connectivity index (χ2v) is 3.03. The number of carbonyl (C=O) groups excluding carboxylic acids is 1. The van der Waals surface area contributed by atoms with E-state index in [1.807, 2.05) is 19.0 Å². The number of carbonyl (C=O) groups is 2. The van der Waals surface area contributed by atoms with E-state index in [1.165, 1.54) is 0 Å². The number of carboxylic acid groups (broad SMARTS) is 1. The van der Waals surface area contributed by atoms with Crippen LogP contribution in [0.15, 0.2) is 0 Å². The van der Waals surface area contributed by atoms with Crippen molar-refractivity contribution in [2.75, 3.05) is 33.7 Å². The van der Waals surface area contributed by atoms with E-state index < -0.39 is 11.8 Å². The van der Waals surface area contributed by atoms with Crippen LogP contribution in [0.5, 0.6) is 0 Å². The van der Waals surface area contributed by atoms with E-state index in [2.05, 4.69) is 5.32 Å². The van der Waals surface area contributed by atoms with Crippen LogP contribution in [0, 0.1) is 0 Å². The number of hydrogen-bond donors (Lipinski definition) is 2. The van der Waals surface area contributed by atoms with E-state index in [9.17, 15) is 9.59 Å². The fourth-order valence-electron chi connectivity index (χ4n) is 0.737. The zero-order valence-corrected chi connectivity index (χ0v) is 8.04. The maximum atomic E-state index is 10.6. The number of aliphatic carboxylic acids is 1. The summed E-state index contributed by atoms with van der Waals surface area (Å²) in [6.45, 7) is 2.07. The third kappa shape index (κ3) is 7.42. The maximum absolute atomic E-state index is 10.6. The highest BCUT2D eigenvalue weighted by Gasteiger charge is 2.09. The Bertz CT molecular complexity index is 180. The van der Waals surface area contributed by atoms with Crippen LogP contribution in [0.3, 0.4) is 0 Å². The molecule has 0 rings (SSSR count). The second kappa shape index (κ2) is 6.56. The second-order valence-electron chi connectivity index (χ2n) is 3.03. The smallest absolute Gasteiger partial charge is 0.372 e. The Hall–Kier alpha value is -0.940. The molecule has 0 aromatic heterocycles. The van der Waals surface area contributed by atoms with Gasteiger partial charge in [0, 0.05) is 26.1 Å². The van der Waals surface area contributed by atoms with Gasteiger partial charge >= 0.3 is 5.97 Å². The van der Waals surface area contributed by atoms with E-state index in [-0.39, 0.29) is 6.42 Å². The Morgan fingerprint density at radius 3 is 2.38 bits per heavy atom. The van der Waals surface area contributed by atoms with Crippen molar-refractivity contribution in [2.24, 2.45) is 0 Å². The predicted molar refractivity (Wildman–Crippen MR) is 48.7 cm³/mol. The number of hydrogen-bond acceptors (Lipinski definition) is 4. The lowest BCUT2D eigenvalue weighted by molar-refractivity contribution is -0.149. The highest BCUT2D eigenvalue weighted by molar-refractivity contribution is 6.32. The summed E-state index contributed by atoms with van der Waals surface area (Å²) in [6.07, 6.45) is 0.0583. The molecule has 0 aliphatic rings. The Morgan fingerprint density at radius 2 is 1.92 bits per heavy atom. The molecule has 0 spiro atoms. The van der Waals surface area contributed by atoms with E-state index in [0.29, 0.717) is 6.54 Å². The third-order valence-corrected chi connectivity index (χ3v) is 1.50. The summed E-state index contributed by atoms with van der Waals surface area (Å²) in [4.78, 5) is 22.7. The standard InChI is InChI=1S/C8H16N2O3/c1-10(2)6-5-9-4-3-7(11)8(12)13/h9H,3-6H2,1-2H3,(H,12,13). The number of carboxylic acids is 1. The predicted octanol–water partition coefficient (Wildman–Crippen LogP) is -0.819. The minimum absolute atomic E-state index is 0.0583. The lowest BCUT2D eigenvalue weighted by Crippen LogP contribution is -2.29. The Morgan fingerprint density at radius 1 is 1.31 bits per heavy atom. The zero-order valence-electron chi connectivity index (χ0n) is 8.04. The van der Waals surface area contributed by atoms with E-state index >= 15 is 0 Å². The van der Waals surface area contributed by atoms with Gasteiger partial charge in [-0.25, -0.2) is 4.79 Å². The van der Waals surface area contributed by atoms with Gasteiger partial charge in [-0.3, -0.25) is 4.79 Å². The molecule has 0 radical (unpaired) electrons. The molecule has 0 aromatic rings. The summed E-state index contributed by atoms with van der Waals surface area (Å²) in [7, 11) is 3.90. The van der Waals surface area contributed by atoms with Crippen molar-refractivity contribution in [3.63, 3.8) is 0 Å². The first-order valence-corrected chi connectivity index (χ1v) is 4.15. The minimum atomic E-state index is -1.35. The van der Waals surface area contributed by atoms with Gasteiger partial charge in [-0.1, -0.05) is 0 Å². The average Bonchev–Trinajstić information content (AvgIpc) is 2.02. The van der Waals surface area contributed by atoms with Crippen molar-refractivity contribution in [3.8, 4) is 0 Å². The topological polar surface area (TPSA) is 69.6 Å². The van der Waals surface area contributed by atoms with E-state index in [4.69, 9.17) is 5.11 Å². The van der Waals surface area contributed by atoms with Crippen molar-refractivity contribution >= 4 is 11.8 Å². The molecule has 0 heterocycles. The SMILES string of the molecule is CN(C)CCNCCC(=O)C(=O)O. The van der Waals surface area contributed by atoms with Gasteiger partial charge in [0.05, 0.1) is 0 Å². The number of ketones is 1. The van der Waals surface area contributed by atoms with Crippen LogP contribution in [0.2, 0.25) is 0 Å². The molecular weight excluding hydrogens is 172 g/mol. The quantitative estimate of drug-likeness (QED) is 0.403. The molecule has 76 valence electrons. The van der Waals surface area contributed by atoms with Crippen molar-refractivity contribution in [1.29, 1.82) is 0 Å². The summed E-state index contributed by atoms with van der Waals surface area (Å²) in [6, 6.07) is 0. The highest BCUT2D eigenvalue weighted by atomic mass is 16.4. The fraction of sp³-hybridized carbons (Fsp3) is 0.750. The summed E-state index contributed by atoms with van der Waals surface area (Å²) < 4.78 is 0. The number of nitrogens with zero attached hydrogens (tertiary/aromatic N) is 1. The molecule has 0 fully saturated rings. The number of likely N-dealkylation sites (N-methyl/N-ethyl adjacent to an activating group) is 1. The molecular formula is C8H16N2O3. The third-order valence-electron chi connectivity index (χ3n) is 1.50. The first-order chi connectivity index (χ1) is 6.04. The van der Waals surface area contributed by atoms with Gasteiger partial charge in [0.25, 0.3) is 0 Å². The Kier molecular flexibility index (Phi) is 6.09. The summed E-state index contributed by atoms with van der Waals surface area (Å²) in [5.74, 6) is -2.09. The number of Topliss-reactive ketones (excluding diaryl/α,β-unsaturated/α-hetero) is 1. The lowest BCUT2D eigenvalue weighted by atomic mass is 10.3. The molecule has 0 atom stereocenters. The van der Waals surface area contributed by atoms with Gasteiger partial charge in [-0.15, -0.1) is 0 Å². The Labute approximate surface area is 77.7 Å². The summed E-state index contributed by atoms with van der Waals surface area (Å²) in [5, 5.41) is 11.2. The summed E-state index contributed by atoms with van der Waals surface area (Å²) >= 11 is 0. The monoisotopic (exact) mass is 188 g/mol. The van der Waals surface area contributed by atoms with Crippen molar-refractivity contribution < 1.29 is 14.7 Å². The first-order valence-electron chi connectivity index (χ1n) is 4.15. The van der Waals surface area contributed by atoms with Gasteiger partial charge in [-0.05, 0) is 14.1 Å². The molecule has 0 aromatic carbocycles. The van der Waals surface area contributed by atoms with E-state index in [1.54, 1.807) is 0 Å². The first kappa shape index (κ1) is 12.1. The molecule has 0 amide bonds. The van der Waals surface area contributed by atoms with Crippen molar-refractivity contribution in [1.82, 2.24) is 10.2 Å². The maximum Gasteiger partial charge on any atom is 0.372 e. The minimum Gasteiger partial charge on any atom is -0.476 e. The van der Waals surface area contributed by atoms with Crippen molar-refractivity contribution in [3.05, 3.63) is 0 Å². The highest BCUT2D eigenvalue weighted by Crippen LogP contribution is 1.81. The van der Waals surface area contributed by atoms with Gasteiger partial charge in [0.1, 0.15) is 0 Å². The number of rotatable bonds is 7. The van der Waals surface area contributed by atoms with Crippen LogP contribution in [0.25, 0.3) is 0 Å². The molecule has 0 saturated carbocycles. The molecule has 0 bridgehead atoms. The molecule has 0 aliphatic carbocycles. The van der Waals surface area contributed by atoms with E-state index in [0.717, 1.165) is 13.1 Å². The molecule has 5 heteroatoms. The molecule has 0 unspecified atom stereocenters. The Balaban J connectivity index is 3.26. The van der Waals surface area contributed by atoms with Gasteiger partial charge in [0.2, 0.25) is 5.78 Å². The fourth-order valence-corrected chi connectivity index (χ4v) is 0.737. The van der Waals surface area contributed by atoms with Crippen LogP contribution in [0.4, 0.5) is 0 Å². The van der Waals surface area contributed by atoms with Gasteiger partial charge in [-0.2, -0.15) is 0 Å². The largest absolute Gasteiger partial charge is 0.476 e. The zero-order chi connectivity index (χ0) is 10.3. The van der Waals surface area contributed by atoms with Crippen LogP contribution in [-0.2, 0) is 9.59 Å². The molecule has 5 nitrogen and oxygen atoms in total. The summed E-state index contributed by atoms with van der Waals surface area (Å²) in [5.41, 5.74) is 0. The van der Waals surface area contributed by atoms with Crippen molar-refractivity contribution in [2.45, 2.75) is 6.42 Å².